The molecule has 0 saturated heterocycles. The van der Waals surface area contributed by atoms with Gasteiger partial charge in [0.15, 0.2) is 0 Å². The molecule has 2 aliphatic carbocycles. The van der Waals surface area contributed by atoms with E-state index >= 15 is 0 Å². The van der Waals surface area contributed by atoms with E-state index in [1.54, 1.807) is 0 Å². The molecule has 120 valence electrons. The smallest absolute Gasteiger partial charge is 0.335 e. The summed E-state index contributed by atoms with van der Waals surface area (Å²) in [6.07, 6.45) is 5.89. The van der Waals surface area contributed by atoms with Gasteiger partial charge >= 0.3 is 5.97 Å². The van der Waals surface area contributed by atoms with Crippen LogP contribution in [0.2, 0.25) is 0 Å². The molecule has 0 heterocycles. The highest BCUT2D eigenvalue weighted by atomic mass is 16.6. The Bertz CT molecular complexity index is 509. The first-order valence-electron chi connectivity index (χ1n) is 7.61. The topological polar surface area (TPSA) is 106 Å². The molecule has 4 atom stereocenters. The van der Waals surface area contributed by atoms with E-state index in [2.05, 4.69) is 6.92 Å². The number of carbonyl (C=O) groups is 1. The summed E-state index contributed by atoms with van der Waals surface area (Å²) in [5.74, 6) is 1.84. The molecule has 3 rings (SSSR count). The Morgan fingerprint density at radius 1 is 1.32 bits per heavy atom. The molecule has 0 amide bonds. The first-order chi connectivity index (χ1) is 10.4. The molecule has 4 unspecified atom stereocenters. The summed E-state index contributed by atoms with van der Waals surface area (Å²) in [4.78, 5) is 19.9. The van der Waals surface area contributed by atoms with Crippen molar-refractivity contribution < 1.29 is 14.8 Å². The Balaban J connectivity index is 0.000000162. The SMILES string of the molecule is CC(N)C1CC2CCC1C2.O=C(O)c1ccc([N+](=O)[O-])cc1. The molecular weight excluding hydrogens is 284 g/mol. The standard InChI is InChI=1S/C9H17N.C7H5NO4/c1-6(10)9-5-7-2-3-8(9)4-7;9-7(10)5-1-3-6(4-2-5)8(11)12/h6-9H,2-5,10H2,1H3;1-4H,(H,9,10). The number of benzene rings is 1. The Hall–Kier alpha value is -1.95. The molecule has 22 heavy (non-hydrogen) atoms. The van der Waals surface area contributed by atoms with E-state index in [9.17, 15) is 14.9 Å². The van der Waals surface area contributed by atoms with E-state index < -0.39 is 10.9 Å². The van der Waals surface area contributed by atoms with Crippen LogP contribution >= 0.6 is 0 Å². The van der Waals surface area contributed by atoms with E-state index in [1.807, 2.05) is 0 Å². The third-order valence-corrected chi connectivity index (χ3v) is 4.79. The number of carboxylic acids is 1. The second kappa shape index (κ2) is 6.87. The van der Waals surface area contributed by atoms with Gasteiger partial charge in [-0.2, -0.15) is 0 Å². The van der Waals surface area contributed by atoms with Crippen LogP contribution in [0.3, 0.4) is 0 Å². The molecule has 2 aliphatic rings. The number of nitro groups is 1. The van der Waals surface area contributed by atoms with Crippen molar-refractivity contribution in [1.82, 2.24) is 0 Å². The van der Waals surface area contributed by atoms with Crippen molar-refractivity contribution in [2.24, 2.45) is 23.5 Å². The van der Waals surface area contributed by atoms with E-state index in [1.165, 1.54) is 37.8 Å². The molecule has 0 aromatic heterocycles. The lowest BCUT2D eigenvalue weighted by Gasteiger charge is -2.24. The molecule has 0 radical (unpaired) electrons. The predicted molar refractivity (Wildman–Crippen MR) is 82.6 cm³/mol. The first-order valence-corrected chi connectivity index (χ1v) is 7.61. The molecule has 3 N–H and O–H groups in total. The fraction of sp³-hybridized carbons (Fsp3) is 0.562. The summed E-state index contributed by atoms with van der Waals surface area (Å²) in [6.45, 7) is 2.17. The normalized spacial score (nSPS) is 26.9. The molecule has 6 nitrogen and oxygen atoms in total. The van der Waals surface area contributed by atoms with E-state index in [0.29, 0.717) is 6.04 Å². The fourth-order valence-corrected chi connectivity index (χ4v) is 3.66. The van der Waals surface area contributed by atoms with Crippen LogP contribution in [0.1, 0.15) is 43.0 Å². The maximum absolute atomic E-state index is 10.3. The number of rotatable bonds is 3. The maximum Gasteiger partial charge on any atom is 0.335 e. The second-order valence-corrected chi connectivity index (χ2v) is 6.31. The fourth-order valence-electron chi connectivity index (χ4n) is 3.66. The quantitative estimate of drug-likeness (QED) is 0.659. The number of fused-ring (bicyclic) bond motifs is 2. The number of aromatic carboxylic acids is 1. The van der Waals surface area contributed by atoms with Crippen LogP contribution in [-0.4, -0.2) is 22.0 Å². The van der Waals surface area contributed by atoms with Crippen LogP contribution in [-0.2, 0) is 0 Å². The Morgan fingerprint density at radius 2 is 1.95 bits per heavy atom. The number of nitrogens with two attached hydrogens (primary N) is 1. The zero-order valence-corrected chi connectivity index (χ0v) is 12.6. The van der Waals surface area contributed by atoms with Gasteiger partial charge < -0.3 is 10.8 Å². The molecule has 2 fully saturated rings. The highest BCUT2D eigenvalue weighted by Gasteiger charge is 2.40. The average Bonchev–Trinajstić information content (AvgIpc) is 3.10. The lowest BCUT2D eigenvalue weighted by Crippen LogP contribution is -2.30. The van der Waals surface area contributed by atoms with Gasteiger partial charge in [-0.25, -0.2) is 4.79 Å². The molecule has 1 aromatic rings. The van der Waals surface area contributed by atoms with Gasteiger partial charge in [0.05, 0.1) is 10.5 Å². The Kier molecular flexibility index (Phi) is 5.13. The third-order valence-electron chi connectivity index (χ3n) is 4.79. The zero-order valence-electron chi connectivity index (χ0n) is 12.6. The molecule has 2 bridgehead atoms. The molecule has 2 saturated carbocycles. The number of hydrogen-bond donors (Lipinski definition) is 2. The Labute approximate surface area is 129 Å². The van der Waals surface area contributed by atoms with Gasteiger partial charge in [0.25, 0.3) is 5.69 Å². The monoisotopic (exact) mass is 306 g/mol. The van der Waals surface area contributed by atoms with Crippen LogP contribution in [0.15, 0.2) is 24.3 Å². The van der Waals surface area contributed by atoms with Crippen molar-refractivity contribution in [2.45, 2.75) is 38.6 Å². The minimum Gasteiger partial charge on any atom is -0.478 e. The summed E-state index contributed by atoms with van der Waals surface area (Å²) in [5.41, 5.74) is 5.82. The first kappa shape index (κ1) is 16.4. The third kappa shape index (κ3) is 3.82. The minimum absolute atomic E-state index is 0.0422. The summed E-state index contributed by atoms with van der Waals surface area (Å²) in [7, 11) is 0. The zero-order chi connectivity index (χ0) is 16.3. The van der Waals surface area contributed by atoms with E-state index in [4.69, 9.17) is 10.8 Å². The predicted octanol–water partition coefficient (Wildman–Crippen LogP) is 3.06. The van der Waals surface area contributed by atoms with E-state index in [0.717, 1.165) is 29.9 Å². The maximum atomic E-state index is 10.3. The van der Waals surface area contributed by atoms with Gasteiger partial charge in [-0.1, -0.05) is 6.42 Å². The largest absolute Gasteiger partial charge is 0.478 e. The lowest BCUT2D eigenvalue weighted by atomic mass is 9.84. The lowest BCUT2D eigenvalue weighted by molar-refractivity contribution is -0.384. The van der Waals surface area contributed by atoms with E-state index in [-0.39, 0.29) is 11.3 Å². The van der Waals surface area contributed by atoms with Crippen LogP contribution < -0.4 is 5.73 Å². The molecule has 6 heteroatoms. The van der Waals surface area contributed by atoms with Crippen LogP contribution in [0.5, 0.6) is 0 Å². The highest BCUT2D eigenvalue weighted by Crippen LogP contribution is 2.49. The molecule has 0 spiro atoms. The van der Waals surface area contributed by atoms with Crippen molar-refractivity contribution in [2.75, 3.05) is 0 Å². The van der Waals surface area contributed by atoms with Crippen LogP contribution in [0.25, 0.3) is 0 Å². The number of nitrogens with zero attached hydrogens (tertiary/aromatic N) is 1. The second-order valence-electron chi connectivity index (χ2n) is 6.31. The van der Waals surface area contributed by atoms with Crippen molar-refractivity contribution in [3.05, 3.63) is 39.9 Å². The van der Waals surface area contributed by atoms with Gasteiger partial charge in [-0.05, 0) is 56.1 Å². The van der Waals surface area contributed by atoms with Gasteiger partial charge in [0.1, 0.15) is 0 Å². The number of carboxylic acid groups (broad SMARTS) is 1. The summed E-state index contributed by atoms with van der Waals surface area (Å²) >= 11 is 0. The van der Waals surface area contributed by atoms with Gasteiger partial charge in [0, 0.05) is 18.2 Å². The van der Waals surface area contributed by atoms with Crippen molar-refractivity contribution in [3.63, 3.8) is 0 Å². The van der Waals surface area contributed by atoms with Gasteiger partial charge in [0.2, 0.25) is 0 Å². The average molecular weight is 306 g/mol. The molecular formula is C16H22N2O4. The van der Waals surface area contributed by atoms with Gasteiger partial charge in [-0.15, -0.1) is 0 Å². The number of nitro benzene ring substituents is 1. The van der Waals surface area contributed by atoms with Crippen molar-refractivity contribution >= 4 is 11.7 Å². The number of hydrogen-bond acceptors (Lipinski definition) is 4. The molecule has 0 aliphatic heterocycles. The van der Waals surface area contributed by atoms with Crippen molar-refractivity contribution in [3.8, 4) is 0 Å². The summed E-state index contributed by atoms with van der Waals surface area (Å²) in [5, 5.41) is 18.6. The minimum atomic E-state index is -1.09. The number of non-ortho nitro benzene ring substituents is 1. The van der Waals surface area contributed by atoms with Crippen molar-refractivity contribution in [1.29, 1.82) is 0 Å². The summed E-state index contributed by atoms with van der Waals surface area (Å²) < 4.78 is 0. The van der Waals surface area contributed by atoms with Crippen LogP contribution in [0, 0.1) is 27.9 Å². The highest BCUT2D eigenvalue weighted by molar-refractivity contribution is 5.87. The molecule has 1 aromatic carbocycles. The van der Waals surface area contributed by atoms with Crippen LogP contribution in [0.4, 0.5) is 5.69 Å². The Morgan fingerprint density at radius 3 is 2.27 bits per heavy atom. The summed E-state index contributed by atoms with van der Waals surface area (Å²) in [6, 6.07) is 5.16. The van der Waals surface area contributed by atoms with Gasteiger partial charge in [-0.3, -0.25) is 10.1 Å².